The molecule has 0 radical (unpaired) electrons. The molecule has 12 nitrogen and oxygen atoms in total. The molecule has 1 saturated heterocycles. The van der Waals surface area contributed by atoms with Crippen molar-refractivity contribution in [2.45, 2.75) is 49.6 Å². The summed E-state index contributed by atoms with van der Waals surface area (Å²) in [5, 5.41) is 47.3. The molecule has 7 N–H and O–H groups in total. The summed E-state index contributed by atoms with van der Waals surface area (Å²) in [6.45, 7) is -1.18. The van der Waals surface area contributed by atoms with Crippen molar-refractivity contribution in [3.63, 3.8) is 0 Å². The van der Waals surface area contributed by atoms with Gasteiger partial charge in [-0.05, 0) is 0 Å². The van der Waals surface area contributed by atoms with Crippen LogP contribution in [0.5, 0.6) is 0 Å². The molecular formula is C13H21NO11. The molecule has 0 bridgehead atoms. The van der Waals surface area contributed by atoms with Crippen LogP contribution in [-0.2, 0) is 28.6 Å². The fraction of sp³-hybridized carbons (Fsp3) is 0.769. The average molecular weight is 367 g/mol. The summed E-state index contributed by atoms with van der Waals surface area (Å²) in [5.74, 6) is -6.64. The quantitative estimate of drug-likeness (QED) is 0.194. The Labute approximate surface area is 141 Å². The lowest BCUT2D eigenvalue weighted by Crippen LogP contribution is -2.67. The van der Waals surface area contributed by atoms with Crippen LogP contribution < -0.4 is 5.73 Å². The number of carbonyl (C=O) groups excluding carboxylic acids is 3. The van der Waals surface area contributed by atoms with Gasteiger partial charge >= 0.3 is 23.7 Å². The largest absolute Gasteiger partial charge is 0.419 e. The summed E-state index contributed by atoms with van der Waals surface area (Å²) >= 11 is 0. The van der Waals surface area contributed by atoms with Gasteiger partial charge in [0.25, 0.3) is 0 Å². The first-order valence-electron chi connectivity index (χ1n) is 7.22. The molecule has 144 valence electrons. The molecule has 25 heavy (non-hydrogen) atoms. The van der Waals surface area contributed by atoms with Crippen molar-refractivity contribution < 1.29 is 54.1 Å². The van der Waals surface area contributed by atoms with Crippen LogP contribution in [-0.4, -0.2) is 92.9 Å². The first kappa shape index (κ1) is 21.4. The van der Waals surface area contributed by atoms with Crippen LogP contribution in [0.4, 0.5) is 0 Å². The molecule has 1 aliphatic rings. The van der Waals surface area contributed by atoms with Crippen molar-refractivity contribution in [3.8, 4) is 0 Å². The average Bonchev–Trinajstić information content (AvgIpc) is 2.55. The predicted molar refractivity (Wildman–Crippen MR) is 75.3 cm³/mol. The van der Waals surface area contributed by atoms with Crippen molar-refractivity contribution in [3.05, 3.63) is 0 Å². The second kappa shape index (κ2) is 8.62. The highest BCUT2D eigenvalue weighted by Gasteiger charge is 2.57. The molecule has 1 rings (SSSR count). The van der Waals surface area contributed by atoms with Crippen LogP contribution in [0, 0.1) is 0 Å². The number of aliphatic hydroxyl groups excluding tert-OH is 5. The third-order valence-corrected chi connectivity index (χ3v) is 3.50. The van der Waals surface area contributed by atoms with Crippen molar-refractivity contribution in [2.75, 3.05) is 13.2 Å². The Kier molecular flexibility index (Phi) is 7.37. The zero-order valence-electron chi connectivity index (χ0n) is 13.3. The molecule has 0 amide bonds. The molecule has 3 unspecified atom stereocenters. The Morgan fingerprint density at radius 2 is 1.92 bits per heavy atom. The van der Waals surface area contributed by atoms with E-state index in [0.717, 1.165) is 6.92 Å². The topological polar surface area (TPSA) is 206 Å². The minimum Gasteiger partial charge on any atom is -0.419 e. The Hall–Kier alpha value is -1.67. The first-order chi connectivity index (χ1) is 11.6. The maximum atomic E-state index is 12.2. The third kappa shape index (κ3) is 4.92. The lowest BCUT2D eigenvalue weighted by Gasteiger charge is -2.45. The zero-order valence-corrected chi connectivity index (χ0v) is 13.3. The summed E-state index contributed by atoms with van der Waals surface area (Å²) in [5.41, 5.74) is 5.67. The van der Waals surface area contributed by atoms with Crippen LogP contribution in [0.1, 0.15) is 13.3 Å². The van der Waals surface area contributed by atoms with Crippen LogP contribution >= 0.6 is 0 Å². The highest BCUT2D eigenvalue weighted by Crippen LogP contribution is 2.33. The monoisotopic (exact) mass is 367 g/mol. The minimum absolute atomic E-state index is 0.759. The van der Waals surface area contributed by atoms with E-state index in [9.17, 15) is 29.7 Å². The molecule has 0 aromatic carbocycles. The van der Waals surface area contributed by atoms with Crippen LogP contribution in [0.25, 0.3) is 0 Å². The van der Waals surface area contributed by atoms with E-state index in [1.54, 1.807) is 0 Å². The Morgan fingerprint density at radius 3 is 2.40 bits per heavy atom. The van der Waals surface area contributed by atoms with Gasteiger partial charge in [-0.3, -0.25) is 4.79 Å². The molecule has 1 heterocycles. The first-order valence-corrected chi connectivity index (χ1v) is 7.22. The maximum absolute atomic E-state index is 12.2. The molecule has 1 fully saturated rings. The SMILES string of the molecule is CC(=O)OC(=O)C1(OC(=O)CO)C[C@H](O)[C@@H](N)[C@H](C(O)C(O)CO)O1. The number of carbonyl (C=O) groups is 3. The van der Waals surface area contributed by atoms with E-state index in [4.69, 9.17) is 25.4 Å². The number of esters is 3. The fourth-order valence-electron chi connectivity index (χ4n) is 2.26. The fourth-order valence-corrected chi connectivity index (χ4v) is 2.26. The van der Waals surface area contributed by atoms with E-state index in [-0.39, 0.29) is 0 Å². The number of ether oxygens (including phenoxy) is 3. The van der Waals surface area contributed by atoms with Gasteiger partial charge in [-0.15, -0.1) is 0 Å². The van der Waals surface area contributed by atoms with Crippen molar-refractivity contribution >= 4 is 17.9 Å². The van der Waals surface area contributed by atoms with Gasteiger partial charge < -0.3 is 45.5 Å². The second-order valence-electron chi connectivity index (χ2n) is 5.44. The molecule has 0 spiro atoms. The zero-order chi connectivity index (χ0) is 19.4. The van der Waals surface area contributed by atoms with Gasteiger partial charge in [-0.2, -0.15) is 0 Å². The maximum Gasteiger partial charge on any atom is 0.387 e. The summed E-state index contributed by atoms with van der Waals surface area (Å²) in [6, 6.07) is -1.35. The Bertz CT molecular complexity index is 512. The lowest BCUT2D eigenvalue weighted by molar-refractivity contribution is -0.300. The van der Waals surface area contributed by atoms with E-state index in [0.29, 0.717) is 0 Å². The van der Waals surface area contributed by atoms with E-state index in [1.807, 2.05) is 0 Å². The molecule has 0 saturated carbocycles. The highest BCUT2D eigenvalue weighted by molar-refractivity contribution is 5.90. The van der Waals surface area contributed by atoms with Crippen LogP contribution in [0.15, 0.2) is 0 Å². The standard InChI is InChI=1S/C13H21NO11/c1-5(17)23-12(22)13(24-8(20)4-16)2-6(18)9(14)11(25-13)10(21)7(19)3-15/h6-7,9-11,15-16,18-19,21H,2-4,14H2,1H3/t6-,7?,9+,10?,11+,13?/m0/s1. The van der Waals surface area contributed by atoms with Crippen molar-refractivity contribution in [1.29, 1.82) is 0 Å². The van der Waals surface area contributed by atoms with Gasteiger partial charge in [-0.1, -0.05) is 0 Å². The number of hydrogen-bond donors (Lipinski definition) is 6. The van der Waals surface area contributed by atoms with Gasteiger partial charge in [-0.25, -0.2) is 9.59 Å². The van der Waals surface area contributed by atoms with Crippen molar-refractivity contribution in [1.82, 2.24) is 0 Å². The molecule has 0 aromatic rings. The summed E-state index contributed by atoms with van der Waals surface area (Å²) in [6.07, 6.45) is -7.67. The summed E-state index contributed by atoms with van der Waals surface area (Å²) in [4.78, 5) is 34.6. The molecule has 12 heteroatoms. The second-order valence-corrected chi connectivity index (χ2v) is 5.44. The Balaban J connectivity index is 3.23. The summed E-state index contributed by atoms with van der Waals surface area (Å²) in [7, 11) is 0. The van der Waals surface area contributed by atoms with Gasteiger partial charge in [0, 0.05) is 6.92 Å². The van der Waals surface area contributed by atoms with Crippen LogP contribution in [0.2, 0.25) is 0 Å². The molecule has 1 aliphatic heterocycles. The lowest BCUT2D eigenvalue weighted by atomic mass is 9.89. The van der Waals surface area contributed by atoms with E-state index < -0.39 is 73.8 Å². The molecule has 0 aromatic heterocycles. The van der Waals surface area contributed by atoms with Gasteiger partial charge in [0.1, 0.15) is 24.9 Å². The van der Waals surface area contributed by atoms with E-state index in [2.05, 4.69) is 4.74 Å². The van der Waals surface area contributed by atoms with Crippen LogP contribution in [0.3, 0.4) is 0 Å². The van der Waals surface area contributed by atoms with E-state index in [1.165, 1.54) is 0 Å². The third-order valence-electron chi connectivity index (χ3n) is 3.50. The smallest absolute Gasteiger partial charge is 0.387 e. The van der Waals surface area contributed by atoms with Gasteiger partial charge in [0.2, 0.25) is 0 Å². The number of rotatable bonds is 6. The minimum atomic E-state index is -2.69. The van der Waals surface area contributed by atoms with Gasteiger partial charge in [0.15, 0.2) is 0 Å². The molecule has 6 atom stereocenters. The van der Waals surface area contributed by atoms with Crippen molar-refractivity contribution in [2.24, 2.45) is 5.73 Å². The number of hydrogen-bond acceptors (Lipinski definition) is 12. The van der Waals surface area contributed by atoms with Gasteiger partial charge in [0.05, 0.1) is 25.2 Å². The summed E-state index contributed by atoms with van der Waals surface area (Å²) < 4.78 is 14.2. The Morgan fingerprint density at radius 1 is 1.32 bits per heavy atom. The number of nitrogens with two attached hydrogens (primary N) is 1. The molecule has 0 aliphatic carbocycles. The molecular weight excluding hydrogens is 346 g/mol. The highest BCUT2D eigenvalue weighted by atomic mass is 16.8. The predicted octanol–water partition coefficient (Wildman–Crippen LogP) is -4.50. The normalized spacial score (nSPS) is 31.7. The number of aliphatic hydroxyl groups is 5. The van der Waals surface area contributed by atoms with E-state index >= 15 is 0 Å².